The quantitative estimate of drug-likeness (QED) is 0.264. The summed E-state index contributed by atoms with van der Waals surface area (Å²) in [6.07, 6.45) is 14.7. The lowest BCUT2D eigenvalue weighted by Gasteiger charge is -2.04. The summed E-state index contributed by atoms with van der Waals surface area (Å²) in [6.45, 7) is 4.86. The minimum absolute atomic E-state index is 0.101. The highest BCUT2D eigenvalue weighted by atomic mass is 16.2. The van der Waals surface area contributed by atoms with Crippen molar-refractivity contribution in [1.82, 2.24) is 10.6 Å². The maximum absolute atomic E-state index is 11.3. The van der Waals surface area contributed by atoms with Crippen LogP contribution in [0.1, 0.15) is 78.1 Å². The van der Waals surface area contributed by atoms with Gasteiger partial charge in [0, 0.05) is 36.6 Å². The van der Waals surface area contributed by atoms with E-state index < -0.39 is 0 Å². The second-order valence-corrected chi connectivity index (χ2v) is 6.89. The first-order valence-electron chi connectivity index (χ1n) is 9.85. The standard InChI is InChI=1S/C20H38N4O2/c1-17(21)15-19(25)23-13-11-9-7-5-3-4-6-8-10-12-14-24-20(26)16-18(2)22/h15-16H,3-14,21-22H2,1-2H3,(H,23,25)(H,24,26)/b17-15-,18-16-. The Labute approximate surface area is 158 Å². The fourth-order valence-corrected chi connectivity index (χ4v) is 2.60. The summed E-state index contributed by atoms with van der Waals surface area (Å²) in [5, 5.41) is 5.67. The summed E-state index contributed by atoms with van der Waals surface area (Å²) in [6, 6.07) is 0. The molecule has 0 heterocycles. The van der Waals surface area contributed by atoms with E-state index in [2.05, 4.69) is 10.6 Å². The molecule has 6 nitrogen and oxygen atoms in total. The Morgan fingerprint density at radius 1 is 0.615 bits per heavy atom. The third kappa shape index (κ3) is 18.4. The van der Waals surface area contributed by atoms with E-state index in [1.807, 2.05) is 0 Å². The van der Waals surface area contributed by atoms with E-state index in [1.54, 1.807) is 13.8 Å². The topological polar surface area (TPSA) is 110 Å². The molecule has 0 aromatic heterocycles. The number of hydrogen-bond donors (Lipinski definition) is 4. The number of unbranched alkanes of at least 4 members (excludes halogenated alkanes) is 9. The van der Waals surface area contributed by atoms with Crippen LogP contribution in [0.15, 0.2) is 23.5 Å². The van der Waals surface area contributed by atoms with Crippen molar-refractivity contribution >= 4 is 11.8 Å². The zero-order chi connectivity index (χ0) is 19.6. The van der Waals surface area contributed by atoms with Crippen molar-refractivity contribution in [3.8, 4) is 0 Å². The number of hydrogen-bond acceptors (Lipinski definition) is 4. The first-order chi connectivity index (χ1) is 12.4. The molecule has 0 aliphatic carbocycles. The first kappa shape index (κ1) is 24.0. The maximum Gasteiger partial charge on any atom is 0.245 e. The van der Waals surface area contributed by atoms with E-state index in [0.717, 1.165) is 38.8 Å². The molecule has 0 saturated heterocycles. The zero-order valence-electron chi connectivity index (χ0n) is 16.6. The summed E-state index contributed by atoms with van der Waals surface area (Å²) in [5.74, 6) is -0.203. The van der Waals surface area contributed by atoms with Crippen LogP contribution in [-0.4, -0.2) is 24.9 Å². The van der Waals surface area contributed by atoms with Crippen molar-refractivity contribution in [2.75, 3.05) is 13.1 Å². The molecule has 0 aliphatic heterocycles. The van der Waals surface area contributed by atoms with Gasteiger partial charge in [0.05, 0.1) is 0 Å². The Balaban J connectivity index is 3.25. The van der Waals surface area contributed by atoms with E-state index in [4.69, 9.17) is 11.5 Å². The van der Waals surface area contributed by atoms with Crippen LogP contribution >= 0.6 is 0 Å². The number of nitrogens with one attached hydrogen (secondary N) is 2. The summed E-state index contributed by atoms with van der Waals surface area (Å²) < 4.78 is 0. The van der Waals surface area contributed by atoms with Crippen molar-refractivity contribution in [2.24, 2.45) is 11.5 Å². The van der Waals surface area contributed by atoms with Crippen LogP contribution in [0.5, 0.6) is 0 Å². The molecular weight excluding hydrogens is 328 g/mol. The molecule has 0 atom stereocenters. The molecule has 0 saturated carbocycles. The fraction of sp³-hybridized carbons (Fsp3) is 0.700. The smallest absolute Gasteiger partial charge is 0.245 e. The average molecular weight is 367 g/mol. The number of carbonyl (C=O) groups is 2. The van der Waals surface area contributed by atoms with Crippen LogP contribution in [0, 0.1) is 0 Å². The Morgan fingerprint density at radius 3 is 1.15 bits per heavy atom. The molecule has 0 aliphatic rings. The third-order valence-corrected chi connectivity index (χ3v) is 3.92. The van der Waals surface area contributed by atoms with Gasteiger partial charge in [-0.1, -0.05) is 51.4 Å². The van der Waals surface area contributed by atoms with Crippen molar-refractivity contribution < 1.29 is 9.59 Å². The van der Waals surface area contributed by atoms with Gasteiger partial charge in [0.1, 0.15) is 0 Å². The molecule has 6 heteroatoms. The summed E-state index contributed by atoms with van der Waals surface area (Å²) in [4.78, 5) is 22.7. The summed E-state index contributed by atoms with van der Waals surface area (Å²) >= 11 is 0. The van der Waals surface area contributed by atoms with Crippen molar-refractivity contribution in [3.05, 3.63) is 23.5 Å². The lowest BCUT2D eigenvalue weighted by Crippen LogP contribution is -2.23. The van der Waals surface area contributed by atoms with Crippen molar-refractivity contribution in [1.29, 1.82) is 0 Å². The highest BCUT2D eigenvalue weighted by Gasteiger charge is 1.98. The van der Waals surface area contributed by atoms with Gasteiger partial charge >= 0.3 is 0 Å². The number of nitrogens with two attached hydrogens (primary N) is 2. The monoisotopic (exact) mass is 366 g/mol. The normalized spacial score (nSPS) is 12.1. The maximum atomic E-state index is 11.3. The largest absolute Gasteiger partial charge is 0.402 e. The second-order valence-electron chi connectivity index (χ2n) is 6.89. The molecule has 0 fully saturated rings. The second kappa shape index (κ2) is 16.5. The highest BCUT2D eigenvalue weighted by Crippen LogP contribution is 2.10. The van der Waals surface area contributed by atoms with Crippen LogP contribution in [-0.2, 0) is 9.59 Å². The molecule has 0 spiro atoms. The van der Waals surface area contributed by atoms with Gasteiger partial charge in [-0.15, -0.1) is 0 Å². The van der Waals surface area contributed by atoms with Gasteiger partial charge in [0.2, 0.25) is 11.8 Å². The van der Waals surface area contributed by atoms with E-state index in [1.165, 1.54) is 50.7 Å². The molecule has 0 radical (unpaired) electrons. The van der Waals surface area contributed by atoms with Crippen LogP contribution < -0.4 is 22.1 Å². The lowest BCUT2D eigenvalue weighted by atomic mass is 10.1. The predicted octanol–water partition coefficient (Wildman–Crippen LogP) is 2.84. The minimum atomic E-state index is -0.101. The molecule has 6 N–H and O–H groups in total. The van der Waals surface area contributed by atoms with Crippen LogP contribution in [0.4, 0.5) is 0 Å². The molecule has 0 rings (SSSR count). The lowest BCUT2D eigenvalue weighted by molar-refractivity contribution is -0.117. The van der Waals surface area contributed by atoms with Gasteiger partial charge in [-0.05, 0) is 26.7 Å². The van der Waals surface area contributed by atoms with Crippen LogP contribution in [0.25, 0.3) is 0 Å². The van der Waals surface area contributed by atoms with Crippen molar-refractivity contribution in [2.45, 2.75) is 78.1 Å². The highest BCUT2D eigenvalue weighted by molar-refractivity contribution is 5.88. The molecule has 150 valence electrons. The van der Waals surface area contributed by atoms with Gasteiger partial charge in [-0.3, -0.25) is 9.59 Å². The Bertz CT molecular complexity index is 409. The van der Waals surface area contributed by atoms with Gasteiger partial charge in [-0.2, -0.15) is 0 Å². The molecule has 0 bridgehead atoms. The summed E-state index contributed by atoms with van der Waals surface area (Å²) in [7, 11) is 0. The third-order valence-electron chi connectivity index (χ3n) is 3.92. The van der Waals surface area contributed by atoms with Gasteiger partial charge in [0.15, 0.2) is 0 Å². The van der Waals surface area contributed by atoms with Crippen molar-refractivity contribution in [3.63, 3.8) is 0 Å². The Hall–Kier alpha value is -1.98. The Kier molecular flexibility index (Phi) is 15.2. The van der Waals surface area contributed by atoms with E-state index in [9.17, 15) is 9.59 Å². The molecular formula is C20H38N4O2. The predicted molar refractivity (Wildman–Crippen MR) is 108 cm³/mol. The molecule has 0 unspecified atom stereocenters. The molecule has 2 amide bonds. The minimum Gasteiger partial charge on any atom is -0.402 e. The SMILES string of the molecule is C/C(N)=C/C(=O)NCCCCCCCCCCCCNC(=O)/C=C(/C)N. The van der Waals surface area contributed by atoms with Gasteiger partial charge in [-0.25, -0.2) is 0 Å². The Morgan fingerprint density at radius 2 is 0.885 bits per heavy atom. The van der Waals surface area contributed by atoms with Gasteiger partial charge in [0.25, 0.3) is 0 Å². The van der Waals surface area contributed by atoms with E-state index in [0.29, 0.717) is 11.4 Å². The van der Waals surface area contributed by atoms with E-state index in [-0.39, 0.29) is 11.8 Å². The van der Waals surface area contributed by atoms with Gasteiger partial charge < -0.3 is 22.1 Å². The number of rotatable bonds is 15. The molecule has 0 aromatic carbocycles. The molecule has 0 aromatic rings. The first-order valence-corrected chi connectivity index (χ1v) is 9.85. The summed E-state index contributed by atoms with van der Waals surface area (Å²) in [5.41, 5.74) is 12.0. The van der Waals surface area contributed by atoms with Crippen LogP contribution in [0.3, 0.4) is 0 Å². The van der Waals surface area contributed by atoms with Crippen LogP contribution in [0.2, 0.25) is 0 Å². The fourth-order valence-electron chi connectivity index (χ4n) is 2.60. The molecule has 26 heavy (non-hydrogen) atoms. The number of allylic oxidation sites excluding steroid dienone is 2. The zero-order valence-corrected chi connectivity index (χ0v) is 16.6. The average Bonchev–Trinajstić information content (AvgIpc) is 2.53. The number of amides is 2. The number of carbonyl (C=O) groups excluding carboxylic acids is 2. The van der Waals surface area contributed by atoms with E-state index >= 15 is 0 Å².